The highest BCUT2D eigenvalue weighted by molar-refractivity contribution is 6.02. The lowest BCUT2D eigenvalue weighted by atomic mass is 9.82. The van der Waals surface area contributed by atoms with E-state index in [9.17, 15) is 14.4 Å². The topological polar surface area (TPSA) is 102 Å². The Balaban J connectivity index is 1.57. The summed E-state index contributed by atoms with van der Waals surface area (Å²) < 4.78 is 11.0. The molecule has 2 aliphatic heterocycles. The van der Waals surface area contributed by atoms with E-state index in [4.69, 9.17) is 15.2 Å². The van der Waals surface area contributed by atoms with Crippen LogP contribution in [-0.4, -0.2) is 37.5 Å². The molecule has 3 aromatic carbocycles. The standard InChI is InChI=1S/C28H27N3O5/c1-35-20-13-11-19(12-14-20)31-25(32)16-15-21(26(31)18-7-3-2-4-8-18)28(34)30-17-24(27(29)33)36-23-10-6-5-9-22(23)30/h2-14,21,24,26H,15-17H2,1H3,(H2,29,33)/t21-,24-,26-/m0/s1. The highest BCUT2D eigenvalue weighted by atomic mass is 16.5. The van der Waals surface area contributed by atoms with E-state index in [1.54, 1.807) is 47.2 Å². The van der Waals surface area contributed by atoms with Crippen molar-refractivity contribution in [3.05, 3.63) is 84.4 Å². The Morgan fingerprint density at radius 3 is 2.36 bits per heavy atom. The lowest BCUT2D eigenvalue weighted by Crippen LogP contribution is -2.54. The van der Waals surface area contributed by atoms with E-state index in [1.807, 2.05) is 48.5 Å². The minimum Gasteiger partial charge on any atom is -0.497 e. The number of methoxy groups -OCH3 is 1. The maximum atomic E-state index is 14.2. The van der Waals surface area contributed by atoms with Gasteiger partial charge in [-0.3, -0.25) is 14.4 Å². The van der Waals surface area contributed by atoms with Gasteiger partial charge in [0.25, 0.3) is 5.91 Å². The lowest BCUT2D eigenvalue weighted by Gasteiger charge is -2.43. The second kappa shape index (κ2) is 9.73. The number of nitrogens with two attached hydrogens (primary N) is 1. The van der Waals surface area contributed by atoms with Gasteiger partial charge in [0.05, 0.1) is 31.3 Å². The largest absolute Gasteiger partial charge is 0.497 e. The van der Waals surface area contributed by atoms with Crippen molar-refractivity contribution in [3.63, 3.8) is 0 Å². The highest BCUT2D eigenvalue weighted by Gasteiger charge is 2.45. The van der Waals surface area contributed by atoms with Crippen LogP contribution >= 0.6 is 0 Å². The van der Waals surface area contributed by atoms with E-state index in [0.717, 1.165) is 5.56 Å². The second-order valence-corrected chi connectivity index (χ2v) is 8.89. The quantitative estimate of drug-likeness (QED) is 0.596. The molecule has 8 nitrogen and oxygen atoms in total. The molecule has 2 aliphatic rings. The first-order valence-electron chi connectivity index (χ1n) is 11.9. The molecule has 0 aromatic heterocycles. The Bertz CT molecular complexity index is 1280. The van der Waals surface area contributed by atoms with Crippen LogP contribution in [0.2, 0.25) is 0 Å². The summed E-state index contributed by atoms with van der Waals surface area (Å²) in [5, 5.41) is 0. The number of para-hydroxylation sites is 2. The van der Waals surface area contributed by atoms with Crippen LogP contribution in [0.25, 0.3) is 0 Å². The normalized spacial score (nSPS) is 21.4. The third-order valence-corrected chi connectivity index (χ3v) is 6.76. The summed E-state index contributed by atoms with van der Waals surface area (Å²) in [5.41, 5.74) is 7.68. The van der Waals surface area contributed by atoms with E-state index in [1.165, 1.54) is 0 Å². The molecule has 3 aromatic rings. The number of carbonyl (C=O) groups is 3. The average molecular weight is 486 g/mol. The number of hydrogen-bond donors (Lipinski definition) is 1. The van der Waals surface area contributed by atoms with Crippen molar-refractivity contribution in [1.82, 2.24) is 0 Å². The molecular weight excluding hydrogens is 458 g/mol. The zero-order valence-electron chi connectivity index (χ0n) is 19.9. The molecule has 36 heavy (non-hydrogen) atoms. The monoisotopic (exact) mass is 485 g/mol. The molecule has 0 aliphatic carbocycles. The molecule has 0 spiro atoms. The summed E-state index contributed by atoms with van der Waals surface area (Å²) in [7, 11) is 1.59. The number of fused-ring (bicyclic) bond motifs is 1. The number of nitrogens with zero attached hydrogens (tertiary/aromatic N) is 2. The van der Waals surface area contributed by atoms with Crippen LogP contribution in [0.3, 0.4) is 0 Å². The van der Waals surface area contributed by atoms with Gasteiger partial charge in [-0.05, 0) is 48.4 Å². The first-order chi connectivity index (χ1) is 17.5. The molecule has 1 fully saturated rings. The molecular formula is C28H27N3O5. The predicted octanol–water partition coefficient (Wildman–Crippen LogP) is 3.46. The number of carbonyl (C=O) groups excluding carboxylic acids is 3. The third-order valence-electron chi connectivity index (χ3n) is 6.76. The molecule has 3 atom stereocenters. The number of anilines is 2. The van der Waals surface area contributed by atoms with Crippen molar-refractivity contribution in [2.45, 2.75) is 25.0 Å². The van der Waals surface area contributed by atoms with Crippen LogP contribution in [0.4, 0.5) is 11.4 Å². The fourth-order valence-corrected chi connectivity index (χ4v) is 5.02. The lowest BCUT2D eigenvalue weighted by molar-refractivity contribution is -0.128. The fourth-order valence-electron chi connectivity index (χ4n) is 5.02. The van der Waals surface area contributed by atoms with Crippen LogP contribution in [0.5, 0.6) is 11.5 Å². The summed E-state index contributed by atoms with van der Waals surface area (Å²) in [4.78, 5) is 42.8. The number of benzene rings is 3. The molecule has 2 N–H and O–H groups in total. The van der Waals surface area contributed by atoms with Gasteiger partial charge in [-0.2, -0.15) is 0 Å². The van der Waals surface area contributed by atoms with Gasteiger partial charge in [0, 0.05) is 12.1 Å². The number of hydrogen-bond acceptors (Lipinski definition) is 5. The van der Waals surface area contributed by atoms with Gasteiger partial charge in [-0.1, -0.05) is 42.5 Å². The van der Waals surface area contributed by atoms with Gasteiger partial charge < -0.3 is 25.0 Å². The molecule has 8 heteroatoms. The molecule has 0 unspecified atom stereocenters. The van der Waals surface area contributed by atoms with Crippen molar-refractivity contribution in [2.75, 3.05) is 23.5 Å². The zero-order chi connectivity index (χ0) is 25.2. The second-order valence-electron chi connectivity index (χ2n) is 8.89. The van der Waals surface area contributed by atoms with Gasteiger partial charge >= 0.3 is 0 Å². The predicted molar refractivity (Wildman–Crippen MR) is 135 cm³/mol. The fraction of sp³-hybridized carbons (Fsp3) is 0.250. The van der Waals surface area contributed by atoms with Crippen LogP contribution < -0.4 is 25.0 Å². The number of ether oxygens (including phenoxy) is 2. The van der Waals surface area contributed by atoms with Crippen LogP contribution in [0, 0.1) is 5.92 Å². The molecule has 0 saturated carbocycles. The molecule has 184 valence electrons. The van der Waals surface area contributed by atoms with Crippen molar-refractivity contribution >= 4 is 29.1 Å². The minimum absolute atomic E-state index is 0.0136. The Morgan fingerprint density at radius 1 is 0.972 bits per heavy atom. The Hall–Kier alpha value is -4.33. The van der Waals surface area contributed by atoms with Gasteiger partial charge in [0.2, 0.25) is 11.8 Å². The van der Waals surface area contributed by atoms with E-state index in [2.05, 4.69) is 0 Å². The highest BCUT2D eigenvalue weighted by Crippen LogP contribution is 2.43. The summed E-state index contributed by atoms with van der Waals surface area (Å²) in [6, 6.07) is 23.4. The van der Waals surface area contributed by atoms with Crippen molar-refractivity contribution in [1.29, 1.82) is 0 Å². The van der Waals surface area contributed by atoms with Crippen molar-refractivity contribution < 1.29 is 23.9 Å². The molecule has 1 saturated heterocycles. The van der Waals surface area contributed by atoms with Gasteiger partial charge in [0.15, 0.2) is 6.10 Å². The molecule has 3 amide bonds. The SMILES string of the molecule is COc1ccc(N2C(=O)CC[C@H](C(=O)N3C[C@@H](C(N)=O)Oc4ccccc43)[C@@H]2c2ccccc2)cc1. The number of amides is 3. The Kier molecular flexibility index (Phi) is 6.33. The van der Waals surface area contributed by atoms with E-state index < -0.39 is 24.0 Å². The third kappa shape index (κ3) is 4.26. The van der Waals surface area contributed by atoms with Gasteiger partial charge in [-0.15, -0.1) is 0 Å². The van der Waals surface area contributed by atoms with E-state index in [0.29, 0.717) is 29.3 Å². The summed E-state index contributed by atoms with van der Waals surface area (Å²) in [6.45, 7) is 0.0136. The van der Waals surface area contributed by atoms with Crippen LogP contribution in [-0.2, 0) is 14.4 Å². The Morgan fingerprint density at radius 2 is 1.67 bits per heavy atom. The molecule has 2 heterocycles. The smallest absolute Gasteiger partial charge is 0.260 e. The first kappa shape index (κ1) is 23.4. The van der Waals surface area contributed by atoms with Crippen LogP contribution in [0.1, 0.15) is 24.4 Å². The average Bonchev–Trinajstić information content (AvgIpc) is 2.92. The maximum absolute atomic E-state index is 14.2. The summed E-state index contributed by atoms with van der Waals surface area (Å²) in [5.74, 6) is -0.328. The van der Waals surface area contributed by atoms with Gasteiger partial charge in [0.1, 0.15) is 11.5 Å². The van der Waals surface area contributed by atoms with E-state index >= 15 is 0 Å². The molecule has 0 bridgehead atoms. The number of piperidine rings is 1. The number of primary amides is 1. The Labute approximate surface area is 209 Å². The van der Waals surface area contributed by atoms with E-state index in [-0.39, 0.29) is 24.8 Å². The van der Waals surface area contributed by atoms with Crippen LogP contribution in [0.15, 0.2) is 78.9 Å². The molecule has 5 rings (SSSR count). The van der Waals surface area contributed by atoms with Crippen molar-refractivity contribution in [2.24, 2.45) is 11.7 Å². The first-order valence-corrected chi connectivity index (χ1v) is 11.9. The summed E-state index contributed by atoms with van der Waals surface area (Å²) >= 11 is 0. The van der Waals surface area contributed by atoms with Crippen molar-refractivity contribution in [3.8, 4) is 11.5 Å². The number of rotatable bonds is 5. The summed E-state index contributed by atoms with van der Waals surface area (Å²) in [6.07, 6.45) is -0.358. The zero-order valence-corrected chi connectivity index (χ0v) is 19.9. The van der Waals surface area contributed by atoms with Gasteiger partial charge in [-0.25, -0.2) is 0 Å². The molecule has 0 radical (unpaired) electrons. The minimum atomic E-state index is -0.957. The maximum Gasteiger partial charge on any atom is 0.260 e.